The average Bonchev–Trinajstić information content (AvgIpc) is 1.85. The van der Waals surface area contributed by atoms with Gasteiger partial charge in [0.05, 0.1) is 12.5 Å². The normalized spacial score (nSPS) is 12.3. The van der Waals surface area contributed by atoms with Gasteiger partial charge in [-0.3, -0.25) is 0 Å². The minimum atomic E-state index is -4.64. The molecule has 0 aromatic heterocycles. The highest BCUT2D eigenvalue weighted by Gasteiger charge is 2.00. The van der Waals surface area contributed by atoms with Gasteiger partial charge >= 0.3 is 7.82 Å². The second-order valence-electron chi connectivity index (χ2n) is 2.04. The third kappa shape index (κ3) is 33.7. The van der Waals surface area contributed by atoms with Crippen molar-refractivity contribution < 1.29 is 19.2 Å². The van der Waals surface area contributed by atoms with Gasteiger partial charge in [-0.25, -0.2) is 4.57 Å². The molecule has 12 heavy (non-hydrogen) atoms. The molecule has 72 valence electrons. The Morgan fingerprint density at radius 2 is 1.92 bits per heavy atom. The molecule has 0 aliphatic rings. The van der Waals surface area contributed by atoms with Crippen LogP contribution in [0.4, 0.5) is 0 Å². The zero-order chi connectivity index (χ0) is 10.2. The van der Waals surface area contributed by atoms with Crippen molar-refractivity contribution in [2.75, 3.05) is 0 Å². The first kappa shape index (κ1) is 14.1. The number of nitriles is 1. The van der Waals surface area contributed by atoms with Gasteiger partial charge in [0.1, 0.15) is 0 Å². The van der Waals surface area contributed by atoms with Gasteiger partial charge in [-0.05, 0) is 6.42 Å². The molecule has 0 aromatic rings. The highest BCUT2D eigenvalue weighted by molar-refractivity contribution is 7.45. The molecule has 0 heterocycles. The van der Waals surface area contributed by atoms with E-state index < -0.39 is 7.82 Å². The van der Waals surface area contributed by atoms with Gasteiger partial charge in [-0.2, -0.15) is 5.26 Å². The first-order valence-electron chi connectivity index (χ1n) is 3.22. The molecule has 7 heteroatoms. The monoisotopic (exact) mass is 196 g/mol. The Balaban J connectivity index is 0. The van der Waals surface area contributed by atoms with Crippen molar-refractivity contribution in [3.63, 3.8) is 0 Å². The van der Waals surface area contributed by atoms with E-state index in [-0.39, 0.29) is 6.04 Å². The minimum Gasteiger partial charge on any atom is -0.327 e. The number of hydrogen-bond acceptors (Lipinski definition) is 3. The summed E-state index contributed by atoms with van der Waals surface area (Å²) in [6.45, 7) is 1.97. The average molecular weight is 196 g/mol. The van der Waals surface area contributed by atoms with Crippen molar-refractivity contribution >= 4 is 7.82 Å². The summed E-state index contributed by atoms with van der Waals surface area (Å²) in [4.78, 5) is 21.6. The van der Waals surface area contributed by atoms with Crippen LogP contribution in [0.5, 0.6) is 0 Å². The number of nitrogens with two attached hydrogens (primary N) is 1. The Bertz CT molecular complexity index is 176. The maximum absolute atomic E-state index is 8.88. The summed E-state index contributed by atoms with van der Waals surface area (Å²) >= 11 is 0. The van der Waals surface area contributed by atoms with Crippen LogP contribution in [0, 0.1) is 11.3 Å². The molecule has 0 aliphatic heterocycles. The number of rotatable bonds is 2. The van der Waals surface area contributed by atoms with Gasteiger partial charge in [0.15, 0.2) is 0 Å². The topological polar surface area (TPSA) is 128 Å². The SMILES string of the molecule is CCC(N)CC#N.O=P(O)(O)O. The van der Waals surface area contributed by atoms with E-state index in [4.69, 9.17) is 30.2 Å². The standard InChI is InChI=1S/C5H10N2.H3O4P/c1-2-5(7)3-4-6;1-5(2,3)4/h5H,2-3,7H2,1H3;(H3,1,2,3,4). The highest BCUT2D eigenvalue weighted by atomic mass is 31.2. The second kappa shape index (κ2) is 7.22. The molecule has 0 bridgehead atoms. The van der Waals surface area contributed by atoms with Crippen molar-refractivity contribution in [1.29, 1.82) is 5.26 Å². The van der Waals surface area contributed by atoms with Crippen molar-refractivity contribution in [1.82, 2.24) is 0 Å². The Kier molecular flexibility index (Phi) is 8.49. The number of hydrogen-bond donors (Lipinski definition) is 4. The smallest absolute Gasteiger partial charge is 0.327 e. The van der Waals surface area contributed by atoms with Gasteiger partial charge in [0.25, 0.3) is 0 Å². The fraction of sp³-hybridized carbons (Fsp3) is 0.800. The van der Waals surface area contributed by atoms with Crippen LogP contribution < -0.4 is 5.73 Å². The van der Waals surface area contributed by atoms with Gasteiger partial charge < -0.3 is 20.4 Å². The minimum absolute atomic E-state index is 0.0880. The van der Waals surface area contributed by atoms with E-state index in [9.17, 15) is 0 Å². The molecule has 0 spiro atoms. The van der Waals surface area contributed by atoms with Crippen LogP contribution in [0.25, 0.3) is 0 Å². The first-order chi connectivity index (χ1) is 5.31. The van der Waals surface area contributed by atoms with E-state index in [1.54, 1.807) is 0 Å². The molecule has 0 aromatic carbocycles. The van der Waals surface area contributed by atoms with E-state index in [1.165, 1.54) is 0 Å². The van der Waals surface area contributed by atoms with Crippen molar-refractivity contribution in [3.05, 3.63) is 0 Å². The van der Waals surface area contributed by atoms with E-state index in [2.05, 4.69) is 0 Å². The Hall–Kier alpha value is -0.440. The molecule has 0 aliphatic carbocycles. The van der Waals surface area contributed by atoms with E-state index in [0.717, 1.165) is 6.42 Å². The van der Waals surface area contributed by atoms with E-state index >= 15 is 0 Å². The highest BCUT2D eigenvalue weighted by Crippen LogP contribution is 2.25. The molecule has 0 amide bonds. The molecule has 0 rings (SSSR count). The summed E-state index contributed by atoms with van der Waals surface area (Å²) in [7, 11) is -4.64. The second-order valence-corrected chi connectivity index (χ2v) is 3.07. The zero-order valence-corrected chi connectivity index (χ0v) is 7.61. The van der Waals surface area contributed by atoms with Crippen molar-refractivity contribution in [3.8, 4) is 6.07 Å². The fourth-order valence-electron chi connectivity index (χ4n) is 0.262. The molecule has 0 saturated heterocycles. The van der Waals surface area contributed by atoms with Crippen molar-refractivity contribution in [2.45, 2.75) is 25.8 Å². The molecule has 0 saturated carbocycles. The predicted octanol–water partition coefficient (Wildman–Crippen LogP) is -0.291. The van der Waals surface area contributed by atoms with Crippen LogP contribution in [-0.2, 0) is 4.57 Å². The maximum Gasteiger partial charge on any atom is 0.466 e. The third-order valence-corrected chi connectivity index (χ3v) is 0.878. The van der Waals surface area contributed by atoms with Crippen LogP contribution in [0.1, 0.15) is 19.8 Å². The van der Waals surface area contributed by atoms with Crippen LogP contribution in [-0.4, -0.2) is 20.7 Å². The lowest BCUT2D eigenvalue weighted by molar-refractivity contribution is 0.275. The maximum atomic E-state index is 8.88. The van der Waals surface area contributed by atoms with Crippen molar-refractivity contribution in [2.24, 2.45) is 5.73 Å². The number of nitrogens with zero attached hydrogens (tertiary/aromatic N) is 1. The van der Waals surface area contributed by atoms with Crippen LogP contribution in [0.2, 0.25) is 0 Å². The first-order valence-corrected chi connectivity index (χ1v) is 4.78. The third-order valence-electron chi connectivity index (χ3n) is 0.878. The quantitative estimate of drug-likeness (QED) is 0.449. The van der Waals surface area contributed by atoms with Crippen LogP contribution in [0.15, 0.2) is 0 Å². The lowest BCUT2D eigenvalue weighted by Gasteiger charge is -1.97. The fourth-order valence-corrected chi connectivity index (χ4v) is 0.262. The van der Waals surface area contributed by atoms with E-state index in [1.807, 2.05) is 13.0 Å². The lowest BCUT2D eigenvalue weighted by atomic mass is 10.2. The molecular weight excluding hydrogens is 183 g/mol. The van der Waals surface area contributed by atoms with Gasteiger partial charge in [0, 0.05) is 6.04 Å². The Morgan fingerprint density at radius 3 is 2.00 bits per heavy atom. The molecule has 1 unspecified atom stereocenters. The van der Waals surface area contributed by atoms with Gasteiger partial charge in [-0.1, -0.05) is 6.92 Å². The summed E-state index contributed by atoms with van der Waals surface area (Å²) in [5.74, 6) is 0. The summed E-state index contributed by atoms with van der Waals surface area (Å²) in [5, 5.41) is 8.04. The summed E-state index contributed by atoms with van der Waals surface area (Å²) in [6, 6.07) is 2.08. The van der Waals surface area contributed by atoms with Crippen LogP contribution >= 0.6 is 7.82 Å². The van der Waals surface area contributed by atoms with Gasteiger partial charge in [-0.15, -0.1) is 0 Å². The molecular formula is C5H13N2O4P. The Morgan fingerprint density at radius 1 is 1.58 bits per heavy atom. The lowest BCUT2D eigenvalue weighted by Crippen LogP contribution is -2.16. The van der Waals surface area contributed by atoms with E-state index in [0.29, 0.717) is 6.42 Å². The molecule has 0 fully saturated rings. The predicted molar refractivity (Wildman–Crippen MR) is 42.8 cm³/mol. The molecule has 5 N–H and O–H groups in total. The van der Waals surface area contributed by atoms with Crippen LogP contribution in [0.3, 0.4) is 0 Å². The molecule has 1 atom stereocenters. The zero-order valence-electron chi connectivity index (χ0n) is 6.71. The summed E-state index contributed by atoms with van der Waals surface area (Å²) in [6.07, 6.45) is 1.38. The summed E-state index contributed by atoms with van der Waals surface area (Å²) in [5.41, 5.74) is 5.36. The molecule has 6 nitrogen and oxygen atoms in total. The number of phosphoric acid groups is 1. The Labute approximate surface area is 70.9 Å². The molecule has 0 radical (unpaired) electrons. The van der Waals surface area contributed by atoms with Gasteiger partial charge in [0.2, 0.25) is 0 Å². The largest absolute Gasteiger partial charge is 0.466 e. The summed E-state index contributed by atoms with van der Waals surface area (Å²) < 4.78 is 8.88.